The van der Waals surface area contributed by atoms with Crippen molar-refractivity contribution in [1.82, 2.24) is 24.7 Å². The number of hydrogen-bond donors (Lipinski definition) is 2. The lowest BCUT2D eigenvalue weighted by Gasteiger charge is -1.95. The lowest BCUT2D eigenvalue weighted by Crippen LogP contribution is -2.01. The van der Waals surface area contributed by atoms with E-state index in [1.807, 2.05) is 32.0 Å². The fourth-order valence-electron chi connectivity index (χ4n) is 1.84. The highest BCUT2D eigenvalue weighted by Crippen LogP contribution is 2.17. The molecule has 0 fully saturated rings. The molecule has 0 atom stereocenters. The number of hydrogen-bond acceptors (Lipinski definition) is 4. The van der Waals surface area contributed by atoms with Gasteiger partial charge in [-0.25, -0.2) is 9.97 Å². The van der Waals surface area contributed by atoms with E-state index in [9.17, 15) is 0 Å². The van der Waals surface area contributed by atoms with Gasteiger partial charge in [-0.2, -0.15) is 4.68 Å². The number of nitrogens with one attached hydrogen (secondary N) is 1. The molecule has 2 heterocycles. The molecule has 3 N–H and O–H groups in total. The number of nitrogens with two attached hydrogens (primary N) is 1. The number of anilines is 1. The minimum Gasteiger partial charge on any atom is -0.399 e. The Morgan fingerprint density at radius 1 is 1.24 bits per heavy atom. The summed E-state index contributed by atoms with van der Waals surface area (Å²) in [6.45, 7) is 3.74. The summed E-state index contributed by atoms with van der Waals surface area (Å²) < 4.78 is 1.69. The van der Waals surface area contributed by atoms with Crippen LogP contribution in [-0.4, -0.2) is 24.7 Å². The number of aromatic amines is 1. The fraction of sp³-hybridized carbons (Fsp3) is 0.182. The van der Waals surface area contributed by atoms with E-state index < -0.39 is 0 Å². The Bertz CT molecular complexity index is 693. The highest BCUT2D eigenvalue weighted by atomic mass is 15.4. The highest BCUT2D eigenvalue weighted by molar-refractivity contribution is 5.79. The molecule has 6 heteroatoms. The zero-order valence-corrected chi connectivity index (χ0v) is 9.60. The van der Waals surface area contributed by atoms with Gasteiger partial charge in [0.2, 0.25) is 5.95 Å². The predicted molar refractivity (Wildman–Crippen MR) is 64.9 cm³/mol. The van der Waals surface area contributed by atoms with Gasteiger partial charge in [0.25, 0.3) is 0 Å². The summed E-state index contributed by atoms with van der Waals surface area (Å²) in [6.07, 6.45) is 0. The summed E-state index contributed by atoms with van der Waals surface area (Å²) >= 11 is 0. The Labute approximate surface area is 97.5 Å². The summed E-state index contributed by atoms with van der Waals surface area (Å²) in [5, 5.41) is 4.28. The molecule has 1 aromatic carbocycles. The van der Waals surface area contributed by atoms with Crippen molar-refractivity contribution in [1.29, 1.82) is 0 Å². The minimum absolute atomic E-state index is 0.656. The Morgan fingerprint density at radius 2 is 2.06 bits per heavy atom. The number of H-pyrrole nitrogens is 1. The second-order valence-electron chi connectivity index (χ2n) is 3.96. The Balaban J connectivity index is 2.21. The third-order valence-electron chi connectivity index (χ3n) is 2.57. The van der Waals surface area contributed by atoms with Crippen LogP contribution in [0.25, 0.3) is 17.0 Å². The van der Waals surface area contributed by atoms with E-state index in [0.29, 0.717) is 11.6 Å². The molecule has 3 aromatic rings. The van der Waals surface area contributed by atoms with Gasteiger partial charge in [-0.05, 0) is 32.0 Å². The van der Waals surface area contributed by atoms with Crippen molar-refractivity contribution in [2.24, 2.45) is 0 Å². The van der Waals surface area contributed by atoms with Crippen LogP contribution in [0.2, 0.25) is 0 Å². The maximum atomic E-state index is 5.72. The summed E-state index contributed by atoms with van der Waals surface area (Å²) in [5.74, 6) is 2.18. The Hall–Kier alpha value is -2.37. The molecule has 0 amide bonds. The molecular weight excluding hydrogens is 216 g/mol. The van der Waals surface area contributed by atoms with Gasteiger partial charge in [0.1, 0.15) is 11.6 Å². The van der Waals surface area contributed by atoms with Gasteiger partial charge in [0, 0.05) is 5.69 Å². The number of aryl methyl sites for hydroxylation is 2. The van der Waals surface area contributed by atoms with Gasteiger partial charge in [-0.15, -0.1) is 5.10 Å². The van der Waals surface area contributed by atoms with Crippen LogP contribution in [0.15, 0.2) is 18.2 Å². The normalized spacial score (nSPS) is 11.2. The number of benzene rings is 1. The zero-order chi connectivity index (χ0) is 12.0. The third-order valence-corrected chi connectivity index (χ3v) is 2.57. The van der Waals surface area contributed by atoms with Gasteiger partial charge in [-0.3, -0.25) is 0 Å². The first-order valence-corrected chi connectivity index (χ1v) is 5.29. The summed E-state index contributed by atoms with van der Waals surface area (Å²) in [6, 6.07) is 5.56. The zero-order valence-electron chi connectivity index (χ0n) is 9.60. The number of aromatic nitrogens is 5. The molecule has 0 aliphatic carbocycles. The first-order chi connectivity index (χ1) is 8.13. The van der Waals surface area contributed by atoms with Crippen LogP contribution >= 0.6 is 0 Å². The summed E-state index contributed by atoms with van der Waals surface area (Å²) in [4.78, 5) is 11.9. The molecule has 0 unspecified atom stereocenters. The van der Waals surface area contributed by atoms with Crippen molar-refractivity contribution >= 4 is 16.7 Å². The number of fused-ring (bicyclic) bond motifs is 1. The second kappa shape index (κ2) is 3.31. The molecule has 2 aromatic heterocycles. The second-order valence-corrected chi connectivity index (χ2v) is 3.96. The van der Waals surface area contributed by atoms with Crippen LogP contribution < -0.4 is 5.73 Å². The van der Waals surface area contributed by atoms with Crippen molar-refractivity contribution in [3.05, 3.63) is 29.8 Å². The molecule has 0 spiro atoms. The highest BCUT2D eigenvalue weighted by Gasteiger charge is 2.09. The molecule has 86 valence electrons. The van der Waals surface area contributed by atoms with E-state index in [-0.39, 0.29) is 0 Å². The average molecular weight is 228 g/mol. The first-order valence-electron chi connectivity index (χ1n) is 5.29. The summed E-state index contributed by atoms with van der Waals surface area (Å²) in [5.41, 5.74) is 8.19. The van der Waals surface area contributed by atoms with Gasteiger partial charge in [0.15, 0.2) is 0 Å². The molecule has 0 aliphatic heterocycles. The maximum absolute atomic E-state index is 5.72. The molecular formula is C11H12N6. The van der Waals surface area contributed by atoms with Crippen LogP contribution in [0.4, 0.5) is 5.69 Å². The molecule has 0 bridgehead atoms. The molecule has 6 nitrogen and oxygen atoms in total. The largest absolute Gasteiger partial charge is 0.399 e. The monoisotopic (exact) mass is 228 g/mol. The minimum atomic E-state index is 0.656. The molecule has 0 radical (unpaired) electrons. The number of rotatable bonds is 1. The molecule has 0 saturated carbocycles. The number of imidazole rings is 1. The standard InChI is InChI=1S/C11H12N6/c1-6-13-7(2)17(16-6)11-14-9-4-3-8(12)5-10(9)15-11/h3-5H,12H2,1-2H3,(H,14,15). The van der Waals surface area contributed by atoms with Crippen LogP contribution in [0.3, 0.4) is 0 Å². The number of nitrogens with zero attached hydrogens (tertiary/aromatic N) is 4. The van der Waals surface area contributed by atoms with Crippen LogP contribution in [0, 0.1) is 13.8 Å². The SMILES string of the molecule is Cc1nc(C)n(-c2nc3ccc(N)cc3[nH]2)n1. The number of nitrogen functional groups attached to an aromatic ring is 1. The van der Waals surface area contributed by atoms with E-state index in [1.54, 1.807) is 4.68 Å². The van der Waals surface area contributed by atoms with Gasteiger partial charge in [-0.1, -0.05) is 0 Å². The predicted octanol–water partition coefficient (Wildman–Crippen LogP) is 1.34. The maximum Gasteiger partial charge on any atom is 0.230 e. The van der Waals surface area contributed by atoms with Crippen molar-refractivity contribution in [3.8, 4) is 5.95 Å². The van der Waals surface area contributed by atoms with Crippen molar-refractivity contribution in [2.75, 3.05) is 5.73 Å². The van der Waals surface area contributed by atoms with Crippen molar-refractivity contribution < 1.29 is 0 Å². The average Bonchev–Trinajstić information content (AvgIpc) is 2.80. The third kappa shape index (κ3) is 1.54. The van der Waals surface area contributed by atoms with E-state index in [2.05, 4.69) is 20.1 Å². The molecule has 0 saturated heterocycles. The van der Waals surface area contributed by atoms with Gasteiger partial charge < -0.3 is 10.7 Å². The van der Waals surface area contributed by atoms with Gasteiger partial charge in [0.05, 0.1) is 11.0 Å². The first kappa shape index (κ1) is 9.83. The Morgan fingerprint density at radius 3 is 2.76 bits per heavy atom. The molecule has 0 aliphatic rings. The van der Waals surface area contributed by atoms with E-state index >= 15 is 0 Å². The van der Waals surface area contributed by atoms with Crippen LogP contribution in [-0.2, 0) is 0 Å². The van der Waals surface area contributed by atoms with Crippen LogP contribution in [0.1, 0.15) is 11.6 Å². The van der Waals surface area contributed by atoms with Crippen molar-refractivity contribution in [2.45, 2.75) is 13.8 Å². The Kier molecular flexibility index (Phi) is 1.91. The van der Waals surface area contributed by atoms with E-state index in [1.165, 1.54) is 0 Å². The van der Waals surface area contributed by atoms with Gasteiger partial charge >= 0.3 is 0 Å². The van der Waals surface area contributed by atoms with Crippen molar-refractivity contribution in [3.63, 3.8) is 0 Å². The lowest BCUT2D eigenvalue weighted by atomic mass is 10.3. The smallest absolute Gasteiger partial charge is 0.230 e. The quantitative estimate of drug-likeness (QED) is 0.615. The fourth-order valence-corrected chi connectivity index (χ4v) is 1.84. The van der Waals surface area contributed by atoms with E-state index in [4.69, 9.17) is 5.73 Å². The summed E-state index contributed by atoms with van der Waals surface area (Å²) in [7, 11) is 0. The molecule has 3 rings (SSSR count). The topological polar surface area (TPSA) is 85.4 Å². The van der Waals surface area contributed by atoms with E-state index in [0.717, 1.165) is 22.7 Å². The molecule has 17 heavy (non-hydrogen) atoms. The lowest BCUT2D eigenvalue weighted by molar-refractivity contribution is 0.788. The van der Waals surface area contributed by atoms with Crippen LogP contribution in [0.5, 0.6) is 0 Å².